The second-order valence-electron chi connectivity index (χ2n) is 8.31. The zero-order valence-electron chi connectivity index (χ0n) is 17.5. The Morgan fingerprint density at radius 2 is 1.33 bits per heavy atom. The molecule has 1 fully saturated rings. The number of hydrogen-bond donors (Lipinski definition) is 1. The average molecular weight is 400 g/mol. The van der Waals surface area contributed by atoms with Crippen molar-refractivity contribution in [2.75, 3.05) is 56.2 Å². The van der Waals surface area contributed by atoms with Crippen molar-refractivity contribution in [3.05, 3.63) is 89.5 Å². The van der Waals surface area contributed by atoms with Crippen LogP contribution in [-0.4, -0.2) is 56.4 Å². The molecule has 2 aliphatic rings. The lowest BCUT2D eigenvalue weighted by atomic mass is 9.80. The van der Waals surface area contributed by atoms with Gasteiger partial charge in [-0.2, -0.15) is 0 Å². The molecule has 4 nitrogen and oxygen atoms in total. The average Bonchev–Trinajstić information content (AvgIpc) is 2.80. The fraction of sp³-hybridized carbons (Fsp3) is 0.308. The summed E-state index contributed by atoms with van der Waals surface area (Å²) in [5, 5.41) is 9.67. The van der Waals surface area contributed by atoms with Crippen LogP contribution in [0.3, 0.4) is 0 Å². The largest absolute Gasteiger partial charge is 0.395 e. The van der Waals surface area contributed by atoms with Crippen molar-refractivity contribution in [3.63, 3.8) is 0 Å². The van der Waals surface area contributed by atoms with Gasteiger partial charge >= 0.3 is 0 Å². The van der Waals surface area contributed by atoms with E-state index in [9.17, 15) is 5.11 Å². The number of nitrogens with zero attached hydrogens (tertiary/aromatic N) is 3. The van der Waals surface area contributed by atoms with Crippen molar-refractivity contribution >= 4 is 17.1 Å². The maximum absolute atomic E-state index is 9.67. The molecule has 0 amide bonds. The van der Waals surface area contributed by atoms with Crippen molar-refractivity contribution in [3.8, 4) is 0 Å². The van der Waals surface area contributed by atoms with Gasteiger partial charge in [-0.05, 0) is 48.0 Å². The quantitative estimate of drug-likeness (QED) is 0.717. The molecule has 0 aliphatic carbocycles. The van der Waals surface area contributed by atoms with Gasteiger partial charge in [0.15, 0.2) is 0 Å². The molecule has 30 heavy (non-hydrogen) atoms. The molecule has 154 valence electrons. The Bertz CT molecular complexity index is 961. The maximum atomic E-state index is 9.67. The number of aliphatic hydroxyl groups excluding tert-OH is 1. The zero-order chi connectivity index (χ0) is 20.5. The first-order chi connectivity index (χ1) is 14.8. The van der Waals surface area contributed by atoms with Crippen LogP contribution in [-0.2, 0) is 0 Å². The third-order valence-electron chi connectivity index (χ3n) is 6.50. The maximum Gasteiger partial charge on any atom is 0.0610 e. The van der Waals surface area contributed by atoms with Gasteiger partial charge in [0.1, 0.15) is 0 Å². The predicted octanol–water partition coefficient (Wildman–Crippen LogP) is 4.06. The lowest BCUT2D eigenvalue weighted by molar-refractivity contribution is 0.305. The minimum absolute atomic E-state index is 0.132. The number of para-hydroxylation sites is 2. The number of anilines is 3. The third-order valence-corrected chi connectivity index (χ3v) is 6.50. The van der Waals surface area contributed by atoms with Gasteiger partial charge in [-0.25, -0.2) is 0 Å². The van der Waals surface area contributed by atoms with Crippen molar-refractivity contribution in [1.29, 1.82) is 0 Å². The molecule has 0 saturated carbocycles. The van der Waals surface area contributed by atoms with Crippen LogP contribution in [0.2, 0.25) is 0 Å². The summed E-state index contributed by atoms with van der Waals surface area (Å²) in [6.07, 6.45) is 0. The molecule has 1 N–H and O–H groups in total. The van der Waals surface area contributed by atoms with Crippen molar-refractivity contribution < 1.29 is 5.11 Å². The van der Waals surface area contributed by atoms with Gasteiger partial charge in [-0.15, -0.1) is 0 Å². The van der Waals surface area contributed by atoms with Gasteiger partial charge in [0.05, 0.1) is 6.61 Å². The van der Waals surface area contributed by atoms with E-state index in [0.717, 1.165) is 26.2 Å². The molecule has 5 rings (SSSR count). The Balaban J connectivity index is 1.54. The van der Waals surface area contributed by atoms with E-state index in [1.807, 2.05) is 0 Å². The zero-order valence-corrected chi connectivity index (χ0v) is 17.5. The molecule has 2 aliphatic heterocycles. The Kier molecular flexibility index (Phi) is 5.19. The molecule has 0 unspecified atom stereocenters. The van der Waals surface area contributed by atoms with Gasteiger partial charge in [0, 0.05) is 55.7 Å². The standard InChI is InChI=1S/C26H29N3O/c1-27-14-16-28(17-15-27)21-12-10-20(11-13-21)26-22-6-2-4-8-24(22)29(18-19-30)25-9-5-3-7-23(25)26/h2-13,26,30H,14-19H2,1H3. The van der Waals surface area contributed by atoms with E-state index >= 15 is 0 Å². The molecule has 0 bridgehead atoms. The first-order valence-electron chi connectivity index (χ1n) is 10.9. The summed E-state index contributed by atoms with van der Waals surface area (Å²) in [4.78, 5) is 7.12. The minimum Gasteiger partial charge on any atom is -0.395 e. The lowest BCUT2D eigenvalue weighted by Crippen LogP contribution is -2.44. The van der Waals surface area contributed by atoms with E-state index in [2.05, 4.69) is 94.5 Å². The van der Waals surface area contributed by atoms with E-state index in [1.54, 1.807) is 0 Å². The van der Waals surface area contributed by atoms with Crippen molar-refractivity contribution in [2.45, 2.75) is 5.92 Å². The van der Waals surface area contributed by atoms with Crippen LogP contribution in [0.5, 0.6) is 0 Å². The van der Waals surface area contributed by atoms with Crippen LogP contribution >= 0.6 is 0 Å². The van der Waals surface area contributed by atoms with E-state index in [-0.39, 0.29) is 12.5 Å². The fourth-order valence-corrected chi connectivity index (χ4v) is 4.89. The Morgan fingerprint density at radius 1 is 0.767 bits per heavy atom. The Labute approximate surface area is 179 Å². The topological polar surface area (TPSA) is 30.0 Å². The number of piperazine rings is 1. The van der Waals surface area contributed by atoms with Gasteiger partial charge in [-0.3, -0.25) is 0 Å². The molecule has 3 aromatic rings. The number of β-amino-alcohol motifs (C(OH)–C–C–N with tert-alkyl or cyclic N) is 1. The highest BCUT2D eigenvalue weighted by Gasteiger charge is 2.30. The van der Waals surface area contributed by atoms with Crippen molar-refractivity contribution in [1.82, 2.24) is 4.90 Å². The Morgan fingerprint density at radius 3 is 1.90 bits per heavy atom. The first-order valence-corrected chi connectivity index (χ1v) is 10.9. The van der Waals surface area contributed by atoms with Gasteiger partial charge in [0.2, 0.25) is 0 Å². The minimum atomic E-state index is 0.132. The van der Waals surface area contributed by atoms with E-state index in [0.29, 0.717) is 6.54 Å². The predicted molar refractivity (Wildman–Crippen MR) is 124 cm³/mol. The van der Waals surface area contributed by atoms with Crippen LogP contribution in [0.15, 0.2) is 72.8 Å². The van der Waals surface area contributed by atoms with Crippen LogP contribution in [0.4, 0.5) is 17.1 Å². The van der Waals surface area contributed by atoms with E-state index in [4.69, 9.17) is 0 Å². The molecule has 0 atom stereocenters. The monoisotopic (exact) mass is 399 g/mol. The summed E-state index contributed by atoms with van der Waals surface area (Å²) in [5.74, 6) is 0.203. The van der Waals surface area contributed by atoms with Crippen LogP contribution < -0.4 is 9.80 Å². The van der Waals surface area contributed by atoms with E-state index < -0.39 is 0 Å². The summed E-state index contributed by atoms with van der Waals surface area (Å²) < 4.78 is 0. The highest BCUT2D eigenvalue weighted by Crippen LogP contribution is 2.48. The Hall–Kier alpha value is -2.82. The highest BCUT2D eigenvalue weighted by molar-refractivity contribution is 5.78. The fourth-order valence-electron chi connectivity index (χ4n) is 4.89. The second-order valence-corrected chi connectivity index (χ2v) is 8.31. The van der Waals surface area contributed by atoms with Gasteiger partial charge in [0.25, 0.3) is 0 Å². The molecule has 0 spiro atoms. The number of rotatable bonds is 4. The summed E-state index contributed by atoms with van der Waals surface area (Å²) in [5.41, 5.74) is 7.62. The molecule has 0 radical (unpaired) electrons. The molecule has 0 aromatic heterocycles. The normalized spacial score (nSPS) is 17.0. The van der Waals surface area contributed by atoms with E-state index in [1.165, 1.54) is 33.8 Å². The van der Waals surface area contributed by atoms with Gasteiger partial charge < -0.3 is 19.8 Å². The molecule has 4 heteroatoms. The third kappa shape index (κ3) is 3.36. The highest BCUT2D eigenvalue weighted by atomic mass is 16.3. The molecule has 2 heterocycles. The van der Waals surface area contributed by atoms with Crippen LogP contribution in [0.1, 0.15) is 22.6 Å². The molecular weight excluding hydrogens is 370 g/mol. The SMILES string of the molecule is CN1CCN(c2ccc(C3c4ccccc4N(CCO)c4ccccc43)cc2)CC1. The number of aliphatic hydroxyl groups is 1. The van der Waals surface area contributed by atoms with Crippen LogP contribution in [0.25, 0.3) is 0 Å². The molecule has 3 aromatic carbocycles. The second kappa shape index (κ2) is 8.13. The number of benzene rings is 3. The smallest absolute Gasteiger partial charge is 0.0610 e. The summed E-state index contributed by atoms with van der Waals surface area (Å²) in [7, 11) is 2.19. The van der Waals surface area contributed by atoms with Crippen LogP contribution in [0, 0.1) is 0 Å². The molecular formula is C26H29N3O. The first kappa shape index (κ1) is 19.2. The molecule has 1 saturated heterocycles. The number of likely N-dealkylation sites (N-methyl/N-ethyl adjacent to an activating group) is 1. The van der Waals surface area contributed by atoms with Gasteiger partial charge in [-0.1, -0.05) is 48.5 Å². The summed E-state index contributed by atoms with van der Waals surface area (Å²) in [6.45, 7) is 5.13. The summed E-state index contributed by atoms with van der Waals surface area (Å²) >= 11 is 0. The number of hydrogen-bond acceptors (Lipinski definition) is 4. The lowest BCUT2D eigenvalue weighted by Gasteiger charge is -2.38. The summed E-state index contributed by atoms with van der Waals surface area (Å²) in [6, 6.07) is 26.4. The number of fused-ring (bicyclic) bond motifs is 2. The van der Waals surface area contributed by atoms with Crippen molar-refractivity contribution in [2.24, 2.45) is 0 Å².